The van der Waals surface area contributed by atoms with Crippen LogP contribution in [-0.4, -0.2) is 55.0 Å². The van der Waals surface area contributed by atoms with Gasteiger partial charge >= 0.3 is 0 Å². The summed E-state index contributed by atoms with van der Waals surface area (Å²) in [7, 11) is 0. The van der Waals surface area contributed by atoms with E-state index in [2.05, 4.69) is 48.0 Å². The highest BCUT2D eigenvalue weighted by Crippen LogP contribution is 2.21. The molecular formula is C24H39N3O. The Morgan fingerprint density at radius 1 is 0.964 bits per heavy atom. The van der Waals surface area contributed by atoms with Crippen LogP contribution in [-0.2, 0) is 6.54 Å². The molecule has 2 atom stereocenters. The number of hydrogen-bond acceptors (Lipinski definition) is 3. The number of nitrogens with one attached hydrogen (secondary N) is 1. The Bertz CT molecular complexity index is 597. The zero-order chi connectivity index (χ0) is 19.9. The number of benzene rings is 1. The van der Waals surface area contributed by atoms with E-state index in [0.29, 0.717) is 0 Å². The Morgan fingerprint density at radius 3 is 2.25 bits per heavy atom. The minimum absolute atomic E-state index is 0.0544. The van der Waals surface area contributed by atoms with E-state index in [-0.39, 0.29) is 5.91 Å². The number of carbonyl (C=O) groups is 1. The first-order chi connectivity index (χ1) is 13.5. The molecule has 0 aromatic heterocycles. The van der Waals surface area contributed by atoms with Crippen molar-refractivity contribution in [2.75, 3.05) is 39.3 Å². The van der Waals surface area contributed by atoms with Crippen molar-refractivity contribution in [3.05, 3.63) is 35.4 Å². The highest BCUT2D eigenvalue weighted by atomic mass is 16.1. The summed E-state index contributed by atoms with van der Waals surface area (Å²) < 4.78 is 0. The summed E-state index contributed by atoms with van der Waals surface area (Å²) in [6.45, 7) is 14.7. The number of rotatable bonds is 7. The van der Waals surface area contributed by atoms with Crippen LogP contribution in [0.3, 0.4) is 0 Å². The highest BCUT2D eigenvalue weighted by Gasteiger charge is 2.21. The van der Waals surface area contributed by atoms with Crippen LogP contribution in [0.15, 0.2) is 24.3 Å². The van der Waals surface area contributed by atoms with E-state index in [1.807, 2.05) is 12.1 Å². The van der Waals surface area contributed by atoms with E-state index >= 15 is 0 Å². The van der Waals surface area contributed by atoms with E-state index in [0.717, 1.165) is 49.4 Å². The molecule has 4 heteroatoms. The molecule has 28 heavy (non-hydrogen) atoms. The van der Waals surface area contributed by atoms with Crippen molar-refractivity contribution in [2.24, 2.45) is 17.8 Å². The minimum Gasteiger partial charge on any atom is -0.352 e. The third kappa shape index (κ3) is 6.59. The second-order valence-electron chi connectivity index (χ2n) is 9.47. The first-order valence-corrected chi connectivity index (χ1v) is 11.3. The minimum atomic E-state index is 0.0544. The second kappa shape index (κ2) is 10.4. The van der Waals surface area contributed by atoms with E-state index in [9.17, 15) is 4.79 Å². The fraction of sp³-hybridized carbons (Fsp3) is 0.708. The summed E-state index contributed by atoms with van der Waals surface area (Å²) in [6, 6.07) is 8.18. The van der Waals surface area contributed by atoms with Crippen molar-refractivity contribution in [1.82, 2.24) is 15.1 Å². The summed E-state index contributed by atoms with van der Waals surface area (Å²) in [5.41, 5.74) is 2.08. The Morgan fingerprint density at radius 2 is 1.61 bits per heavy atom. The standard InChI is InChI=1S/C24H39N3O/c1-19-9-13-26(14-10-19)18-22-5-7-23(8-6-22)24(28)25-11-4-12-27-16-20(2)15-21(3)17-27/h5-8,19-21H,4,9-18H2,1-3H3,(H,25,28)/t20-,21-/m1/s1. The van der Waals surface area contributed by atoms with E-state index in [1.165, 1.54) is 51.0 Å². The first-order valence-electron chi connectivity index (χ1n) is 11.3. The maximum atomic E-state index is 12.4. The lowest BCUT2D eigenvalue weighted by Crippen LogP contribution is -2.40. The van der Waals surface area contributed by atoms with Gasteiger partial charge in [0.1, 0.15) is 0 Å². The maximum Gasteiger partial charge on any atom is 0.251 e. The molecule has 156 valence electrons. The van der Waals surface area contributed by atoms with Crippen LogP contribution >= 0.6 is 0 Å². The lowest BCUT2D eigenvalue weighted by molar-refractivity contribution is 0.0947. The van der Waals surface area contributed by atoms with Gasteiger partial charge in [-0.05, 0) is 80.8 Å². The SMILES string of the molecule is CC1CCN(Cc2ccc(C(=O)NCCCN3C[C@H](C)C[C@@H](C)C3)cc2)CC1. The predicted molar refractivity (Wildman–Crippen MR) is 116 cm³/mol. The molecule has 2 aliphatic rings. The van der Waals surface area contributed by atoms with Gasteiger partial charge in [-0.1, -0.05) is 32.9 Å². The summed E-state index contributed by atoms with van der Waals surface area (Å²) in [5, 5.41) is 3.09. The number of hydrogen-bond donors (Lipinski definition) is 1. The van der Waals surface area contributed by atoms with Gasteiger partial charge < -0.3 is 10.2 Å². The molecule has 1 amide bonds. The van der Waals surface area contributed by atoms with Crippen LogP contribution in [0.2, 0.25) is 0 Å². The second-order valence-corrected chi connectivity index (χ2v) is 9.47. The Labute approximate surface area is 171 Å². The number of likely N-dealkylation sites (tertiary alicyclic amines) is 2. The molecule has 0 spiro atoms. The van der Waals surface area contributed by atoms with E-state index in [4.69, 9.17) is 0 Å². The number of carbonyl (C=O) groups excluding carboxylic acids is 1. The van der Waals surface area contributed by atoms with Gasteiger partial charge in [-0.25, -0.2) is 0 Å². The number of piperidine rings is 2. The fourth-order valence-electron chi connectivity index (χ4n) is 4.82. The molecular weight excluding hydrogens is 346 g/mol. The number of amides is 1. The molecule has 1 aromatic rings. The molecule has 0 saturated carbocycles. The molecule has 1 aromatic carbocycles. The topological polar surface area (TPSA) is 35.6 Å². The van der Waals surface area contributed by atoms with Gasteiger partial charge in [0.2, 0.25) is 0 Å². The third-order valence-electron chi connectivity index (χ3n) is 6.38. The monoisotopic (exact) mass is 385 g/mol. The van der Waals surface area contributed by atoms with Crippen molar-refractivity contribution in [3.63, 3.8) is 0 Å². The summed E-state index contributed by atoms with van der Waals surface area (Å²) in [4.78, 5) is 17.5. The van der Waals surface area contributed by atoms with Crippen LogP contribution in [0.1, 0.15) is 62.4 Å². The lowest BCUT2D eigenvalue weighted by Gasteiger charge is -2.34. The summed E-state index contributed by atoms with van der Waals surface area (Å²) in [5.74, 6) is 2.51. The van der Waals surface area contributed by atoms with Crippen LogP contribution in [0, 0.1) is 17.8 Å². The van der Waals surface area contributed by atoms with Gasteiger partial charge in [-0.2, -0.15) is 0 Å². The van der Waals surface area contributed by atoms with Crippen molar-refractivity contribution in [1.29, 1.82) is 0 Å². The summed E-state index contributed by atoms with van der Waals surface area (Å²) >= 11 is 0. The predicted octanol–water partition coefficient (Wildman–Crippen LogP) is 4.02. The third-order valence-corrected chi connectivity index (χ3v) is 6.38. The molecule has 2 aliphatic heterocycles. The Hall–Kier alpha value is -1.39. The quantitative estimate of drug-likeness (QED) is 0.720. The molecule has 0 radical (unpaired) electrons. The lowest BCUT2D eigenvalue weighted by atomic mass is 9.92. The van der Waals surface area contributed by atoms with Crippen molar-refractivity contribution in [2.45, 2.75) is 53.0 Å². The molecule has 1 N–H and O–H groups in total. The largest absolute Gasteiger partial charge is 0.352 e. The van der Waals surface area contributed by atoms with Crippen LogP contribution in [0.4, 0.5) is 0 Å². The zero-order valence-electron chi connectivity index (χ0n) is 18.1. The molecule has 0 unspecified atom stereocenters. The average Bonchev–Trinajstić information content (AvgIpc) is 2.67. The Kier molecular flexibility index (Phi) is 7.92. The van der Waals surface area contributed by atoms with Gasteiger partial charge in [-0.3, -0.25) is 9.69 Å². The van der Waals surface area contributed by atoms with Gasteiger partial charge in [0.25, 0.3) is 5.91 Å². The number of nitrogens with zero attached hydrogens (tertiary/aromatic N) is 2. The molecule has 2 heterocycles. The molecule has 2 saturated heterocycles. The van der Waals surface area contributed by atoms with Crippen LogP contribution in [0.5, 0.6) is 0 Å². The molecule has 0 bridgehead atoms. The highest BCUT2D eigenvalue weighted by molar-refractivity contribution is 5.94. The summed E-state index contributed by atoms with van der Waals surface area (Å²) in [6.07, 6.45) is 4.97. The average molecular weight is 386 g/mol. The van der Waals surface area contributed by atoms with Gasteiger partial charge in [0, 0.05) is 31.7 Å². The Balaban J connectivity index is 1.36. The van der Waals surface area contributed by atoms with Crippen LogP contribution < -0.4 is 5.32 Å². The molecule has 0 aliphatic carbocycles. The van der Waals surface area contributed by atoms with Crippen molar-refractivity contribution in [3.8, 4) is 0 Å². The van der Waals surface area contributed by atoms with E-state index in [1.54, 1.807) is 0 Å². The molecule has 3 rings (SSSR count). The molecule has 2 fully saturated rings. The van der Waals surface area contributed by atoms with Gasteiger partial charge in [0.15, 0.2) is 0 Å². The van der Waals surface area contributed by atoms with E-state index < -0.39 is 0 Å². The maximum absolute atomic E-state index is 12.4. The van der Waals surface area contributed by atoms with Gasteiger partial charge in [-0.15, -0.1) is 0 Å². The zero-order valence-corrected chi connectivity index (χ0v) is 18.1. The fourth-order valence-corrected chi connectivity index (χ4v) is 4.82. The molecule has 4 nitrogen and oxygen atoms in total. The van der Waals surface area contributed by atoms with Gasteiger partial charge in [0.05, 0.1) is 0 Å². The first kappa shape index (κ1) is 21.3. The smallest absolute Gasteiger partial charge is 0.251 e. The van der Waals surface area contributed by atoms with Crippen molar-refractivity contribution >= 4 is 5.91 Å². The van der Waals surface area contributed by atoms with Crippen molar-refractivity contribution < 1.29 is 4.79 Å². The van der Waals surface area contributed by atoms with Crippen LogP contribution in [0.25, 0.3) is 0 Å². The normalized spacial score (nSPS) is 25.0.